The Kier molecular flexibility index (Phi) is 5.04. The average Bonchev–Trinajstić information content (AvgIpc) is 3.38. The molecule has 2 aromatic heterocycles. The van der Waals surface area contributed by atoms with Crippen molar-refractivity contribution in [2.45, 2.75) is 69.9 Å². The molecule has 7 heteroatoms. The fourth-order valence-electron chi connectivity index (χ4n) is 4.53. The molecule has 0 spiro atoms. The fourth-order valence-corrected chi connectivity index (χ4v) is 4.53. The van der Waals surface area contributed by atoms with Gasteiger partial charge >= 0.3 is 6.09 Å². The SMILES string of the molecule is CC(C)(C)OC(=O)N1CC(c2cccc(-c3cn(C4CC(CN)C4)nc3C3CC3)n2)C1. The predicted molar refractivity (Wildman–Crippen MR) is 119 cm³/mol. The Bertz CT molecular complexity index is 963. The van der Waals surface area contributed by atoms with Crippen LogP contribution in [0.4, 0.5) is 4.79 Å². The van der Waals surface area contributed by atoms with E-state index in [1.807, 2.05) is 20.8 Å². The summed E-state index contributed by atoms with van der Waals surface area (Å²) in [6.07, 6.45) is 6.63. The lowest BCUT2D eigenvalue weighted by atomic mass is 9.80. The highest BCUT2D eigenvalue weighted by molar-refractivity contribution is 5.69. The molecular formula is C24H33N5O2. The molecule has 3 fully saturated rings. The van der Waals surface area contributed by atoms with E-state index in [-0.39, 0.29) is 12.0 Å². The van der Waals surface area contributed by atoms with Gasteiger partial charge in [-0.15, -0.1) is 0 Å². The third kappa shape index (κ3) is 4.20. The molecule has 7 nitrogen and oxygen atoms in total. The monoisotopic (exact) mass is 423 g/mol. The van der Waals surface area contributed by atoms with Gasteiger partial charge in [0.1, 0.15) is 5.60 Å². The first-order chi connectivity index (χ1) is 14.8. The van der Waals surface area contributed by atoms with Gasteiger partial charge in [-0.05, 0) is 71.0 Å². The van der Waals surface area contributed by atoms with E-state index in [1.165, 1.54) is 24.1 Å². The average molecular weight is 424 g/mol. The number of carbonyl (C=O) groups excluding carboxylic acids is 1. The summed E-state index contributed by atoms with van der Waals surface area (Å²) in [6, 6.07) is 6.71. The van der Waals surface area contributed by atoms with Gasteiger partial charge in [0.15, 0.2) is 0 Å². The van der Waals surface area contributed by atoms with Crippen LogP contribution in [0.25, 0.3) is 11.3 Å². The number of nitrogens with zero attached hydrogens (tertiary/aromatic N) is 4. The van der Waals surface area contributed by atoms with Crippen molar-refractivity contribution in [2.24, 2.45) is 11.7 Å². The summed E-state index contributed by atoms with van der Waals surface area (Å²) in [5, 5.41) is 4.98. The van der Waals surface area contributed by atoms with Crippen molar-refractivity contribution in [3.8, 4) is 11.3 Å². The van der Waals surface area contributed by atoms with E-state index in [9.17, 15) is 4.79 Å². The van der Waals surface area contributed by atoms with Crippen LogP contribution in [0.15, 0.2) is 24.4 Å². The molecule has 1 amide bonds. The van der Waals surface area contributed by atoms with Gasteiger partial charge in [-0.2, -0.15) is 5.10 Å². The lowest BCUT2D eigenvalue weighted by Crippen LogP contribution is -2.50. The van der Waals surface area contributed by atoms with E-state index < -0.39 is 5.60 Å². The highest BCUT2D eigenvalue weighted by Crippen LogP contribution is 2.45. The predicted octanol–water partition coefficient (Wildman–Crippen LogP) is 4.07. The second kappa shape index (κ2) is 7.62. The Balaban J connectivity index is 1.31. The van der Waals surface area contributed by atoms with Crippen LogP contribution in [0.3, 0.4) is 0 Å². The molecule has 1 aliphatic heterocycles. The minimum atomic E-state index is -0.468. The number of amides is 1. The molecule has 2 aliphatic carbocycles. The zero-order valence-corrected chi connectivity index (χ0v) is 18.8. The van der Waals surface area contributed by atoms with Gasteiger partial charge in [-0.1, -0.05) is 6.07 Å². The normalized spacial score (nSPS) is 23.9. The number of ether oxygens (including phenoxy) is 1. The molecule has 2 N–H and O–H groups in total. The second-order valence-electron chi connectivity index (χ2n) is 10.4. The van der Waals surface area contributed by atoms with Crippen LogP contribution in [-0.4, -0.2) is 51.0 Å². The molecule has 5 rings (SSSR count). The molecule has 3 aliphatic rings. The molecule has 0 aromatic carbocycles. The summed E-state index contributed by atoms with van der Waals surface area (Å²) < 4.78 is 7.64. The zero-order chi connectivity index (χ0) is 21.8. The lowest BCUT2D eigenvalue weighted by molar-refractivity contribution is 0.00789. The van der Waals surface area contributed by atoms with Crippen LogP contribution in [0.1, 0.15) is 75.7 Å². The quantitative estimate of drug-likeness (QED) is 0.783. The van der Waals surface area contributed by atoms with Crippen LogP contribution in [0, 0.1) is 5.92 Å². The van der Waals surface area contributed by atoms with E-state index in [1.54, 1.807) is 4.90 Å². The second-order valence-corrected chi connectivity index (χ2v) is 10.4. The minimum absolute atomic E-state index is 0.242. The third-order valence-electron chi connectivity index (χ3n) is 6.64. The van der Waals surface area contributed by atoms with Gasteiger partial charge in [-0.3, -0.25) is 9.67 Å². The van der Waals surface area contributed by atoms with Crippen LogP contribution in [-0.2, 0) is 4.74 Å². The topological polar surface area (TPSA) is 86.3 Å². The van der Waals surface area contributed by atoms with Crippen molar-refractivity contribution in [1.29, 1.82) is 0 Å². The maximum atomic E-state index is 12.2. The molecule has 2 aromatic rings. The molecule has 1 saturated heterocycles. The summed E-state index contributed by atoms with van der Waals surface area (Å²) in [4.78, 5) is 19.0. The molecule has 31 heavy (non-hydrogen) atoms. The van der Waals surface area contributed by atoms with Gasteiger partial charge in [-0.25, -0.2) is 4.79 Å². The number of rotatable bonds is 5. The standard InChI is InChI=1S/C24H33N5O2/c1-24(2,3)31-23(30)28-12-17(13-28)20-5-4-6-21(26-20)19-14-29(18-9-15(10-18)11-25)27-22(19)16-7-8-16/h4-6,14-18H,7-13,25H2,1-3H3. The Labute approximate surface area is 184 Å². The summed E-state index contributed by atoms with van der Waals surface area (Å²) in [5.74, 6) is 1.46. The van der Waals surface area contributed by atoms with Gasteiger partial charge in [0.2, 0.25) is 0 Å². The van der Waals surface area contributed by atoms with Gasteiger partial charge in [0.05, 0.1) is 17.4 Å². The summed E-state index contributed by atoms with van der Waals surface area (Å²) in [6.45, 7) is 7.76. The largest absolute Gasteiger partial charge is 0.444 e. The van der Waals surface area contributed by atoms with Crippen LogP contribution >= 0.6 is 0 Å². The van der Waals surface area contributed by atoms with Crippen molar-refractivity contribution in [3.63, 3.8) is 0 Å². The van der Waals surface area contributed by atoms with E-state index >= 15 is 0 Å². The third-order valence-corrected chi connectivity index (χ3v) is 6.64. The Morgan fingerprint density at radius 2 is 1.94 bits per heavy atom. The molecule has 0 atom stereocenters. The molecule has 2 saturated carbocycles. The highest BCUT2D eigenvalue weighted by atomic mass is 16.6. The van der Waals surface area contributed by atoms with Crippen molar-refractivity contribution in [3.05, 3.63) is 35.8 Å². The molecule has 166 valence electrons. The van der Waals surface area contributed by atoms with Crippen molar-refractivity contribution in [1.82, 2.24) is 19.7 Å². The molecule has 0 radical (unpaired) electrons. The summed E-state index contributed by atoms with van der Waals surface area (Å²) in [5.41, 5.74) is 9.75. The Morgan fingerprint density at radius 1 is 1.19 bits per heavy atom. The zero-order valence-electron chi connectivity index (χ0n) is 18.8. The number of aromatic nitrogens is 3. The first kappa shape index (κ1) is 20.5. The van der Waals surface area contributed by atoms with Crippen molar-refractivity contribution in [2.75, 3.05) is 19.6 Å². The smallest absolute Gasteiger partial charge is 0.410 e. The van der Waals surface area contributed by atoms with Crippen LogP contribution in [0.5, 0.6) is 0 Å². The maximum absolute atomic E-state index is 12.2. The number of pyridine rings is 1. The summed E-state index contributed by atoms with van der Waals surface area (Å²) >= 11 is 0. The van der Waals surface area contributed by atoms with Gasteiger partial charge in [0.25, 0.3) is 0 Å². The molecule has 3 heterocycles. The number of nitrogens with two attached hydrogens (primary N) is 1. The maximum Gasteiger partial charge on any atom is 0.410 e. The van der Waals surface area contributed by atoms with E-state index in [2.05, 4.69) is 29.1 Å². The molecule has 0 bridgehead atoms. The van der Waals surface area contributed by atoms with E-state index in [4.69, 9.17) is 20.6 Å². The number of hydrogen-bond donors (Lipinski definition) is 1. The van der Waals surface area contributed by atoms with Gasteiger partial charge in [0, 0.05) is 42.4 Å². The number of carbonyl (C=O) groups is 1. The Hall–Kier alpha value is -2.41. The molecular weight excluding hydrogens is 390 g/mol. The first-order valence-electron chi connectivity index (χ1n) is 11.5. The van der Waals surface area contributed by atoms with Crippen LogP contribution in [0.2, 0.25) is 0 Å². The van der Waals surface area contributed by atoms with E-state index in [0.29, 0.717) is 31.0 Å². The number of hydrogen-bond acceptors (Lipinski definition) is 5. The Morgan fingerprint density at radius 3 is 2.58 bits per heavy atom. The van der Waals surface area contributed by atoms with Gasteiger partial charge < -0.3 is 15.4 Å². The lowest BCUT2D eigenvalue weighted by Gasteiger charge is -2.39. The minimum Gasteiger partial charge on any atom is -0.444 e. The number of likely N-dealkylation sites (tertiary alicyclic amines) is 1. The summed E-state index contributed by atoms with van der Waals surface area (Å²) in [7, 11) is 0. The van der Waals surface area contributed by atoms with E-state index in [0.717, 1.165) is 30.8 Å². The first-order valence-corrected chi connectivity index (χ1v) is 11.5. The highest BCUT2D eigenvalue weighted by Gasteiger charge is 2.37. The fraction of sp³-hybridized carbons (Fsp3) is 0.625. The van der Waals surface area contributed by atoms with Crippen molar-refractivity contribution < 1.29 is 9.53 Å². The van der Waals surface area contributed by atoms with Crippen molar-refractivity contribution >= 4 is 6.09 Å². The molecule has 0 unspecified atom stereocenters. The van der Waals surface area contributed by atoms with Crippen LogP contribution < -0.4 is 5.73 Å².